The number of ketones is 1. The van der Waals surface area contributed by atoms with Crippen LogP contribution in [0.1, 0.15) is 18.4 Å². The van der Waals surface area contributed by atoms with Gasteiger partial charge in [0.2, 0.25) is 0 Å². The van der Waals surface area contributed by atoms with Crippen molar-refractivity contribution >= 4 is 34.3 Å². The second-order valence-corrected chi connectivity index (χ2v) is 5.78. The Labute approximate surface area is 125 Å². The molecular formula is C15H12INO2. The predicted octanol–water partition coefficient (Wildman–Crippen LogP) is 2.81. The van der Waals surface area contributed by atoms with E-state index in [9.17, 15) is 9.59 Å². The Bertz CT molecular complexity index is 631. The molecule has 2 aliphatic rings. The van der Waals surface area contributed by atoms with Gasteiger partial charge >= 0.3 is 0 Å². The van der Waals surface area contributed by atoms with E-state index in [0.29, 0.717) is 12.1 Å². The first-order valence-electron chi connectivity index (χ1n) is 6.18. The third kappa shape index (κ3) is 2.14. The molecular weight excluding hydrogens is 353 g/mol. The van der Waals surface area contributed by atoms with Crippen molar-refractivity contribution in [3.8, 4) is 0 Å². The fourth-order valence-corrected chi connectivity index (χ4v) is 3.02. The van der Waals surface area contributed by atoms with Crippen molar-refractivity contribution < 1.29 is 9.59 Å². The minimum atomic E-state index is -0.392. The molecule has 1 aromatic carbocycles. The number of allylic oxidation sites excluding steroid dienone is 3. The number of carbonyl (C=O) groups excluding carboxylic acids is 2. The first-order valence-corrected chi connectivity index (χ1v) is 7.25. The standard InChI is InChI=1S/C15H12INO2/c16-12-7-3-1-5-10(12)9-17-13-8-4-2-6-11(13)14(18)15(17)19/h1-3,5-7H,4,8-9H2. The zero-order valence-corrected chi connectivity index (χ0v) is 12.4. The first-order chi connectivity index (χ1) is 9.18. The van der Waals surface area contributed by atoms with E-state index in [2.05, 4.69) is 22.6 Å². The molecule has 1 aliphatic heterocycles. The fourth-order valence-electron chi connectivity index (χ4n) is 2.46. The Balaban J connectivity index is 1.95. The summed E-state index contributed by atoms with van der Waals surface area (Å²) in [6, 6.07) is 7.93. The summed E-state index contributed by atoms with van der Waals surface area (Å²) in [5.74, 6) is -0.756. The van der Waals surface area contributed by atoms with Crippen LogP contribution in [0.3, 0.4) is 0 Å². The summed E-state index contributed by atoms with van der Waals surface area (Å²) in [7, 11) is 0. The van der Waals surface area contributed by atoms with Crippen molar-refractivity contribution in [3.05, 3.63) is 56.8 Å². The molecule has 0 fully saturated rings. The minimum absolute atomic E-state index is 0.364. The third-order valence-corrected chi connectivity index (χ3v) is 4.49. The minimum Gasteiger partial charge on any atom is -0.304 e. The highest BCUT2D eigenvalue weighted by molar-refractivity contribution is 14.1. The maximum atomic E-state index is 12.1. The highest BCUT2D eigenvalue weighted by Crippen LogP contribution is 2.31. The van der Waals surface area contributed by atoms with E-state index in [4.69, 9.17) is 0 Å². The molecule has 0 bridgehead atoms. The molecule has 0 saturated carbocycles. The molecule has 0 atom stereocenters. The molecule has 4 heteroatoms. The highest BCUT2D eigenvalue weighted by Gasteiger charge is 2.37. The van der Waals surface area contributed by atoms with Gasteiger partial charge in [-0.3, -0.25) is 9.59 Å². The molecule has 1 aliphatic carbocycles. The van der Waals surface area contributed by atoms with Crippen LogP contribution < -0.4 is 0 Å². The van der Waals surface area contributed by atoms with E-state index >= 15 is 0 Å². The molecule has 3 nitrogen and oxygen atoms in total. The number of hydrogen-bond donors (Lipinski definition) is 0. The first kappa shape index (κ1) is 12.6. The van der Waals surface area contributed by atoms with Gasteiger partial charge < -0.3 is 4.90 Å². The summed E-state index contributed by atoms with van der Waals surface area (Å²) < 4.78 is 1.11. The van der Waals surface area contributed by atoms with Crippen LogP contribution in [0.2, 0.25) is 0 Å². The molecule has 1 aromatic rings. The Morgan fingerprint density at radius 2 is 2.00 bits per heavy atom. The normalized spacial score (nSPS) is 18.3. The van der Waals surface area contributed by atoms with Gasteiger partial charge in [-0.1, -0.05) is 30.4 Å². The maximum Gasteiger partial charge on any atom is 0.299 e. The molecule has 96 valence electrons. The van der Waals surface area contributed by atoms with Crippen LogP contribution in [0.25, 0.3) is 0 Å². The number of benzene rings is 1. The Hall–Kier alpha value is -1.43. The van der Waals surface area contributed by atoms with E-state index in [-0.39, 0.29) is 5.78 Å². The lowest BCUT2D eigenvalue weighted by atomic mass is 10.0. The summed E-state index contributed by atoms with van der Waals surface area (Å²) in [4.78, 5) is 25.6. The van der Waals surface area contributed by atoms with Crippen LogP contribution in [-0.4, -0.2) is 16.6 Å². The van der Waals surface area contributed by atoms with Crippen LogP contribution in [-0.2, 0) is 16.1 Å². The van der Waals surface area contributed by atoms with E-state index in [0.717, 1.165) is 27.7 Å². The number of rotatable bonds is 2. The van der Waals surface area contributed by atoms with Crippen LogP contribution in [0.5, 0.6) is 0 Å². The number of carbonyl (C=O) groups is 2. The summed E-state index contributed by atoms with van der Waals surface area (Å²) in [6.45, 7) is 0.483. The van der Waals surface area contributed by atoms with E-state index in [1.54, 1.807) is 11.0 Å². The molecule has 0 aromatic heterocycles. The quantitative estimate of drug-likeness (QED) is 0.597. The lowest BCUT2D eigenvalue weighted by molar-refractivity contribution is -0.139. The largest absolute Gasteiger partial charge is 0.304 e. The summed E-state index contributed by atoms with van der Waals surface area (Å²) >= 11 is 2.25. The maximum absolute atomic E-state index is 12.1. The lowest BCUT2D eigenvalue weighted by Crippen LogP contribution is -2.28. The zero-order chi connectivity index (χ0) is 13.4. The van der Waals surface area contributed by atoms with Crippen LogP contribution in [0.15, 0.2) is 47.7 Å². The molecule has 1 amide bonds. The average molecular weight is 365 g/mol. The number of amides is 1. The molecule has 0 unspecified atom stereocenters. The predicted molar refractivity (Wildman–Crippen MR) is 80.1 cm³/mol. The molecule has 3 rings (SSSR count). The summed E-state index contributed by atoms with van der Waals surface area (Å²) in [6.07, 6.45) is 5.41. The zero-order valence-electron chi connectivity index (χ0n) is 10.2. The van der Waals surface area contributed by atoms with Gasteiger partial charge in [0.05, 0.1) is 6.54 Å². The second kappa shape index (κ2) is 4.92. The molecule has 0 N–H and O–H groups in total. The SMILES string of the molecule is O=C1C(=O)N(Cc2ccccc2I)C2=C1C=CCC2. The van der Waals surface area contributed by atoms with Crippen molar-refractivity contribution in [1.82, 2.24) is 4.90 Å². The second-order valence-electron chi connectivity index (χ2n) is 4.61. The molecule has 1 heterocycles. The van der Waals surface area contributed by atoms with Crippen molar-refractivity contribution in [3.63, 3.8) is 0 Å². The average Bonchev–Trinajstić information content (AvgIpc) is 2.67. The van der Waals surface area contributed by atoms with Crippen LogP contribution >= 0.6 is 22.6 Å². The topological polar surface area (TPSA) is 37.4 Å². The van der Waals surface area contributed by atoms with Gasteiger partial charge in [0.1, 0.15) is 0 Å². The molecule has 0 radical (unpaired) electrons. The third-order valence-electron chi connectivity index (χ3n) is 3.44. The smallest absolute Gasteiger partial charge is 0.299 e. The van der Waals surface area contributed by atoms with Gasteiger partial charge in [0.25, 0.3) is 11.7 Å². The van der Waals surface area contributed by atoms with Gasteiger partial charge in [0, 0.05) is 14.8 Å². The highest BCUT2D eigenvalue weighted by atomic mass is 127. The van der Waals surface area contributed by atoms with Crippen LogP contribution in [0, 0.1) is 3.57 Å². The van der Waals surface area contributed by atoms with Gasteiger partial charge in [-0.05, 0) is 47.1 Å². The molecule has 0 saturated heterocycles. The fraction of sp³-hybridized carbons (Fsp3) is 0.200. The Morgan fingerprint density at radius 1 is 1.21 bits per heavy atom. The van der Waals surface area contributed by atoms with Gasteiger partial charge in [-0.15, -0.1) is 0 Å². The number of nitrogens with zero attached hydrogens (tertiary/aromatic N) is 1. The van der Waals surface area contributed by atoms with Crippen LogP contribution in [0.4, 0.5) is 0 Å². The Kier molecular flexibility index (Phi) is 3.26. The monoisotopic (exact) mass is 365 g/mol. The van der Waals surface area contributed by atoms with Gasteiger partial charge in [-0.2, -0.15) is 0 Å². The van der Waals surface area contributed by atoms with Crippen molar-refractivity contribution in [2.75, 3.05) is 0 Å². The van der Waals surface area contributed by atoms with Gasteiger partial charge in [0.15, 0.2) is 0 Å². The molecule has 0 spiro atoms. The van der Waals surface area contributed by atoms with E-state index in [1.165, 1.54) is 0 Å². The van der Waals surface area contributed by atoms with E-state index in [1.807, 2.05) is 30.3 Å². The number of halogens is 1. The number of Topliss-reactive ketones (excluding diaryl/α,β-unsaturated/α-hetero) is 1. The van der Waals surface area contributed by atoms with Gasteiger partial charge in [-0.25, -0.2) is 0 Å². The van der Waals surface area contributed by atoms with E-state index < -0.39 is 5.91 Å². The number of hydrogen-bond acceptors (Lipinski definition) is 2. The lowest BCUT2D eigenvalue weighted by Gasteiger charge is -2.21. The van der Waals surface area contributed by atoms with Crippen molar-refractivity contribution in [2.45, 2.75) is 19.4 Å². The van der Waals surface area contributed by atoms with Crippen molar-refractivity contribution in [1.29, 1.82) is 0 Å². The van der Waals surface area contributed by atoms with Crippen molar-refractivity contribution in [2.24, 2.45) is 0 Å². The summed E-state index contributed by atoms with van der Waals surface area (Å²) in [5, 5.41) is 0. The molecule has 19 heavy (non-hydrogen) atoms. The summed E-state index contributed by atoms with van der Waals surface area (Å²) in [5.41, 5.74) is 2.55. The Morgan fingerprint density at radius 3 is 2.79 bits per heavy atom.